The van der Waals surface area contributed by atoms with Gasteiger partial charge in [0.15, 0.2) is 0 Å². The number of nitrogens with two attached hydrogens (primary N) is 1. The molecule has 1 unspecified atom stereocenters. The molecule has 3 aromatic carbocycles. The van der Waals surface area contributed by atoms with Crippen LogP contribution in [0, 0.1) is 26.7 Å². The largest absolute Gasteiger partial charge is 0.485 e. The molecule has 0 amide bonds. The van der Waals surface area contributed by atoms with Crippen LogP contribution < -0.4 is 15.8 Å². The minimum atomic E-state index is -0.249. The van der Waals surface area contributed by atoms with Crippen molar-refractivity contribution in [1.82, 2.24) is 10.2 Å². The Kier molecular flexibility index (Phi) is 8.64. The number of hydrogen-bond donors (Lipinski definition) is 2. The fourth-order valence-corrected chi connectivity index (χ4v) is 6.79. The van der Waals surface area contributed by atoms with Crippen molar-refractivity contribution in [2.24, 2.45) is 5.92 Å². The number of piperidine rings is 1. The molecule has 2 heterocycles. The van der Waals surface area contributed by atoms with E-state index >= 15 is 0 Å². The van der Waals surface area contributed by atoms with Crippen molar-refractivity contribution < 1.29 is 4.74 Å². The number of fused-ring (bicyclic) bond motifs is 1. The smallest absolute Gasteiger partial charge is 0.127 e. The average molecular weight is 526 g/mol. The molecule has 3 aromatic rings. The number of nitrogens with zero attached hydrogens (tertiary/aromatic N) is 1. The standard InChI is InChI=1S/C35H47N3O/c1-25-26(2)34-32(27(3)33(25)36)23-35(4,39-34)24-38(21-17-28-15-19-37-20-16-28)22-18-31(29-11-7-5-8-12-29)30-13-9-6-10-14-30/h5-14,28,31,37H,15-24,36H2,1-4H3. The average Bonchev–Trinajstić information content (AvgIpc) is 3.33. The summed E-state index contributed by atoms with van der Waals surface area (Å²) < 4.78 is 6.83. The zero-order chi connectivity index (χ0) is 27.4. The van der Waals surface area contributed by atoms with Crippen LogP contribution in [0.3, 0.4) is 0 Å². The first-order valence-electron chi connectivity index (χ1n) is 14.9. The van der Waals surface area contributed by atoms with E-state index in [1.165, 1.54) is 47.1 Å². The van der Waals surface area contributed by atoms with Gasteiger partial charge in [0.1, 0.15) is 11.4 Å². The van der Waals surface area contributed by atoms with E-state index in [0.29, 0.717) is 5.92 Å². The second-order valence-corrected chi connectivity index (χ2v) is 12.2. The van der Waals surface area contributed by atoms with Gasteiger partial charge in [0, 0.05) is 30.1 Å². The van der Waals surface area contributed by atoms with Gasteiger partial charge in [0.25, 0.3) is 0 Å². The third-order valence-electron chi connectivity index (χ3n) is 9.35. The van der Waals surface area contributed by atoms with Crippen molar-refractivity contribution in [3.63, 3.8) is 0 Å². The maximum atomic E-state index is 6.83. The lowest BCUT2D eigenvalue weighted by atomic mass is 9.88. The van der Waals surface area contributed by atoms with Crippen LogP contribution in [-0.4, -0.2) is 43.2 Å². The van der Waals surface area contributed by atoms with Crippen LogP contribution in [-0.2, 0) is 6.42 Å². The molecule has 0 saturated carbocycles. The molecule has 4 heteroatoms. The van der Waals surface area contributed by atoms with Crippen molar-refractivity contribution in [3.05, 3.63) is 94.0 Å². The fraction of sp³-hybridized carbons (Fsp3) is 0.486. The van der Waals surface area contributed by atoms with Crippen LogP contribution in [0.5, 0.6) is 5.75 Å². The van der Waals surface area contributed by atoms with Gasteiger partial charge in [0.2, 0.25) is 0 Å². The number of rotatable bonds is 10. The van der Waals surface area contributed by atoms with Gasteiger partial charge in [-0.05, 0) is 113 Å². The maximum Gasteiger partial charge on any atom is 0.127 e. The Balaban J connectivity index is 1.36. The molecule has 2 aliphatic rings. The summed E-state index contributed by atoms with van der Waals surface area (Å²) in [6.07, 6.45) is 5.86. The van der Waals surface area contributed by atoms with Gasteiger partial charge in [-0.1, -0.05) is 60.7 Å². The van der Waals surface area contributed by atoms with E-state index in [9.17, 15) is 0 Å². The van der Waals surface area contributed by atoms with Crippen LogP contribution in [0.1, 0.15) is 71.9 Å². The second kappa shape index (κ2) is 12.1. The second-order valence-electron chi connectivity index (χ2n) is 12.2. The van der Waals surface area contributed by atoms with Crippen LogP contribution in [0.4, 0.5) is 5.69 Å². The Labute approximate surface area is 236 Å². The minimum Gasteiger partial charge on any atom is -0.485 e. The van der Waals surface area contributed by atoms with Gasteiger partial charge in [-0.3, -0.25) is 4.90 Å². The summed E-state index contributed by atoms with van der Waals surface area (Å²) in [5, 5.41) is 3.53. The first-order valence-corrected chi connectivity index (χ1v) is 14.9. The predicted molar refractivity (Wildman–Crippen MR) is 164 cm³/mol. The highest BCUT2D eigenvalue weighted by atomic mass is 16.5. The molecule has 1 saturated heterocycles. The SMILES string of the molecule is Cc1c(C)c2c(c(C)c1N)CC(C)(CN(CCC1CCNCC1)CCC(c1ccccc1)c1ccccc1)O2. The Hall–Kier alpha value is -2.82. The van der Waals surface area contributed by atoms with E-state index in [0.717, 1.165) is 68.5 Å². The molecule has 0 spiro atoms. The number of ether oxygens (including phenoxy) is 1. The van der Waals surface area contributed by atoms with Gasteiger partial charge in [-0.25, -0.2) is 0 Å². The van der Waals surface area contributed by atoms with E-state index in [1.807, 2.05) is 0 Å². The van der Waals surface area contributed by atoms with Crippen molar-refractivity contribution in [2.75, 3.05) is 38.5 Å². The van der Waals surface area contributed by atoms with E-state index in [4.69, 9.17) is 10.5 Å². The van der Waals surface area contributed by atoms with Crippen LogP contribution in [0.2, 0.25) is 0 Å². The zero-order valence-electron chi connectivity index (χ0n) is 24.4. The molecular weight excluding hydrogens is 478 g/mol. The van der Waals surface area contributed by atoms with E-state index < -0.39 is 0 Å². The third kappa shape index (κ3) is 6.34. The summed E-state index contributed by atoms with van der Waals surface area (Å²) >= 11 is 0. The summed E-state index contributed by atoms with van der Waals surface area (Å²) in [5.41, 5.74) is 14.8. The number of nitrogens with one attached hydrogen (secondary N) is 1. The molecule has 0 bridgehead atoms. The maximum absolute atomic E-state index is 6.83. The Bertz CT molecular complexity index is 1160. The summed E-state index contributed by atoms with van der Waals surface area (Å²) in [5.74, 6) is 2.27. The summed E-state index contributed by atoms with van der Waals surface area (Å²) in [6, 6.07) is 22.1. The number of benzene rings is 3. The minimum absolute atomic E-state index is 0.249. The quantitative estimate of drug-likeness (QED) is 0.286. The summed E-state index contributed by atoms with van der Waals surface area (Å²) in [4.78, 5) is 2.70. The Morgan fingerprint density at radius 1 is 0.897 bits per heavy atom. The van der Waals surface area contributed by atoms with Gasteiger partial charge in [-0.2, -0.15) is 0 Å². The third-order valence-corrected chi connectivity index (χ3v) is 9.35. The Morgan fingerprint density at radius 3 is 2.13 bits per heavy atom. The van der Waals surface area contributed by atoms with Crippen molar-refractivity contribution >= 4 is 5.69 Å². The molecule has 208 valence electrons. The van der Waals surface area contributed by atoms with E-state index in [1.54, 1.807) is 0 Å². The predicted octanol–water partition coefficient (Wildman–Crippen LogP) is 6.80. The lowest BCUT2D eigenvalue weighted by Crippen LogP contribution is -2.45. The van der Waals surface area contributed by atoms with Gasteiger partial charge >= 0.3 is 0 Å². The lowest BCUT2D eigenvalue weighted by Gasteiger charge is -2.34. The number of nitrogen functional groups attached to an aromatic ring is 1. The van der Waals surface area contributed by atoms with Gasteiger partial charge in [-0.15, -0.1) is 0 Å². The lowest BCUT2D eigenvalue weighted by molar-refractivity contribution is 0.0585. The van der Waals surface area contributed by atoms with Crippen LogP contribution in [0.15, 0.2) is 60.7 Å². The highest BCUT2D eigenvalue weighted by molar-refractivity contribution is 5.66. The normalized spacial score (nSPS) is 19.4. The molecular formula is C35H47N3O. The molecule has 2 aliphatic heterocycles. The molecule has 0 aliphatic carbocycles. The zero-order valence-corrected chi connectivity index (χ0v) is 24.4. The van der Waals surface area contributed by atoms with Crippen LogP contribution >= 0.6 is 0 Å². The molecule has 5 rings (SSSR count). The monoisotopic (exact) mass is 525 g/mol. The van der Waals surface area contributed by atoms with Crippen molar-refractivity contribution in [1.29, 1.82) is 0 Å². The summed E-state index contributed by atoms with van der Waals surface area (Å²) in [7, 11) is 0. The van der Waals surface area contributed by atoms with E-state index in [-0.39, 0.29) is 5.60 Å². The van der Waals surface area contributed by atoms with Gasteiger partial charge in [0.05, 0.1) is 0 Å². The first-order chi connectivity index (χ1) is 18.8. The topological polar surface area (TPSA) is 50.5 Å². The molecule has 3 N–H and O–H groups in total. The highest BCUT2D eigenvalue weighted by Crippen LogP contribution is 2.44. The van der Waals surface area contributed by atoms with Gasteiger partial charge < -0.3 is 15.8 Å². The molecule has 39 heavy (non-hydrogen) atoms. The first kappa shape index (κ1) is 27.7. The molecule has 1 fully saturated rings. The highest BCUT2D eigenvalue weighted by Gasteiger charge is 2.39. The molecule has 1 atom stereocenters. The fourth-order valence-electron chi connectivity index (χ4n) is 6.79. The van der Waals surface area contributed by atoms with Crippen molar-refractivity contribution in [3.8, 4) is 5.75 Å². The molecule has 4 nitrogen and oxygen atoms in total. The van der Waals surface area contributed by atoms with Crippen molar-refractivity contribution in [2.45, 2.75) is 71.3 Å². The molecule has 0 aromatic heterocycles. The van der Waals surface area contributed by atoms with Crippen LogP contribution in [0.25, 0.3) is 0 Å². The van der Waals surface area contributed by atoms with E-state index in [2.05, 4.69) is 98.6 Å². The summed E-state index contributed by atoms with van der Waals surface area (Å²) in [6.45, 7) is 14.2. The number of anilines is 1. The Morgan fingerprint density at radius 2 is 1.51 bits per heavy atom. The number of hydrogen-bond acceptors (Lipinski definition) is 4. The molecule has 0 radical (unpaired) electrons.